The fourth-order valence-corrected chi connectivity index (χ4v) is 5.14. The first-order chi connectivity index (χ1) is 15.6. The number of carbonyl (C=O) groups is 2. The average Bonchev–Trinajstić information content (AvgIpc) is 3.29. The molecule has 1 aromatic carbocycles. The van der Waals surface area contributed by atoms with Crippen molar-refractivity contribution in [2.24, 2.45) is 0 Å². The minimum atomic E-state index is -0.436. The molecule has 5 rings (SSSR count). The summed E-state index contributed by atoms with van der Waals surface area (Å²) in [7, 11) is 0. The van der Waals surface area contributed by atoms with Crippen LogP contribution in [0.25, 0.3) is 21.3 Å². The summed E-state index contributed by atoms with van der Waals surface area (Å²) in [5.74, 6) is -0.0152. The summed E-state index contributed by atoms with van der Waals surface area (Å²) in [5, 5.41) is 3.79. The molecule has 0 spiro atoms. The van der Waals surface area contributed by atoms with Gasteiger partial charge in [0.15, 0.2) is 0 Å². The number of ether oxygens (including phenoxy) is 1. The number of anilines is 1. The number of benzene rings is 1. The van der Waals surface area contributed by atoms with Crippen LogP contribution in [0, 0.1) is 0 Å². The molecule has 0 aliphatic carbocycles. The van der Waals surface area contributed by atoms with E-state index in [1.54, 1.807) is 27.5 Å². The van der Waals surface area contributed by atoms with Gasteiger partial charge < -0.3 is 19.4 Å². The largest absolute Gasteiger partial charge is 0.378 e. The highest BCUT2D eigenvalue weighted by Gasteiger charge is 2.31. The Hall–Kier alpha value is -2.75. The maximum absolute atomic E-state index is 12.7. The van der Waals surface area contributed by atoms with Crippen LogP contribution < -0.4 is 4.90 Å². The van der Waals surface area contributed by atoms with Crippen LogP contribution in [-0.2, 0) is 14.3 Å². The molecule has 0 atom stereocenters. The molecule has 32 heavy (non-hydrogen) atoms. The number of thiophene rings is 1. The van der Waals surface area contributed by atoms with Gasteiger partial charge in [0.05, 0.1) is 18.6 Å². The average molecular weight is 472 g/mol. The number of piperazine rings is 1. The van der Waals surface area contributed by atoms with Crippen LogP contribution in [0.1, 0.15) is 0 Å². The van der Waals surface area contributed by atoms with Crippen molar-refractivity contribution in [2.45, 2.75) is 0 Å². The molecule has 8 nitrogen and oxygen atoms in total. The van der Waals surface area contributed by atoms with Crippen LogP contribution in [0.5, 0.6) is 0 Å². The summed E-state index contributed by atoms with van der Waals surface area (Å²) in [6.07, 6.45) is 1.58. The zero-order chi connectivity index (χ0) is 22.1. The van der Waals surface area contributed by atoms with Gasteiger partial charge in [0, 0.05) is 55.2 Å². The van der Waals surface area contributed by atoms with E-state index in [1.807, 2.05) is 24.3 Å². The molecule has 2 amide bonds. The lowest BCUT2D eigenvalue weighted by molar-refractivity contribution is -0.154. The van der Waals surface area contributed by atoms with Gasteiger partial charge in [-0.05, 0) is 17.7 Å². The Morgan fingerprint density at radius 3 is 2.25 bits per heavy atom. The molecule has 0 saturated carbocycles. The third kappa shape index (κ3) is 4.03. The van der Waals surface area contributed by atoms with Crippen molar-refractivity contribution in [3.63, 3.8) is 0 Å². The lowest BCUT2D eigenvalue weighted by Gasteiger charge is -2.36. The maximum Gasteiger partial charge on any atom is 0.312 e. The van der Waals surface area contributed by atoms with Gasteiger partial charge in [-0.15, -0.1) is 11.3 Å². The predicted molar refractivity (Wildman–Crippen MR) is 124 cm³/mol. The molecule has 10 heteroatoms. The van der Waals surface area contributed by atoms with Gasteiger partial charge in [0.1, 0.15) is 17.0 Å². The zero-order valence-corrected chi connectivity index (χ0v) is 18.9. The molecule has 3 aromatic rings. The van der Waals surface area contributed by atoms with Crippen LogP contribution in [0.4, 0.5) is 5.82 Å². The van der Waals surface area contributed by atoms with Gasteiger partial charge in [-0.3, -0.25) is 9.59 Å². The van der Waals surface area contributed by atoms with E-state index < -0.39 is 11.8 Å². The first-order valence-electron chi connectivity index (χ1n) is 10.5. The Labute approximate surface area is 194 Å². The molecule has 166 valence electrons. The van der Waals surface area contributed by atoms with Crippen LogP contribution >= 0.6 is 22.9 Å². The molecule has 4 heterocycles. The molecule has 2 aromatic heterocycles. The number of rotatable bonds is 2. The van der Waals surface area contributed by atoms with Crippen molar-refractivity contribution in [3.05, 3.63) is 41.0 Å². The summed E-state index contributed by atoms with van der Waals surface area (Å²) in [6.45, 7) is 4.04. The quantitative estimate of drug-likeness (QED) is 0.534. The second-order valence-electron chi connectivity index (χ2n) is 7.72. The van der Waals surface area contributed by atoms with E-state index in [-0.39, 0.29) is 0 Å². The molecule has 0 radical (unpaired) electrons. The summed E-state index contributed by atoms with van der Waals surface area (Å²) < 4.78 is 5.27. The normalized spacial score (nSPS) is 17.1. The van der Waals surface area contributed by atoms with Crippen LogP contribution in [0.2, 0.25) is 5.02 Å². The minimum Gasteiger partial charge on any atom is -0.378 e. The number of amides is 2. The Morgan fingerprint density at radius 2 is 1.56 bits per heavy atom. The van der Waals surface area contributed by atoms with Gasteiger partial charge in [-0.2, -0.15) is 0 Å². The summed E-state index contributed by atoms with van der Waals surface area (Å²) in [4.78, 5) is 40.6. The van der Waals surface area contributed by atoms with Crippen molar-refractivity contribution >= 4 is 50.8 Å². The van der Waals surface area contributed by atoms with E-state index in [2.05, 4.69) is 20.2 Å². The topological polar surface area (TPSA) is 78.9 Å². The molecule has 0 unspecified atom stereocenters. The van der Waals surface area contributed by atoms with Crippen molar-refractivity contribution in [1.29, 1.82) is 0 Å². The number of hydrogen-bond donors (Lipinski definition) is 0. The van der Waals surface area contributed by atoms with Crippen LogP contribution in [-0.4, -0.2) is 84.1 Å². The molecule has 2 aliphatic heterocycles. The number of nitrogens with zero attached hydrogens (tertiary/aromatic N) is 5. The van der Waals surface area contributed by atoms with Gasteiger partial charge in [-0.25, -0.2) is 9.97 Å². The number of aromatic nitrogens is 2. The van der Waals surface area contributed by atoms with Gasteiger partial charge in [0.25, 0.3) is 0 Å². The highest BCUT2D eigenvalue weighted by molar-refractivity contribution is 7.17. The summed E-state index contributed by atoms with van der Waals surface area (Å²) in [5.41, 5.74) is 2.12. The smallest absolute Gasteiger partial charge is 0.312 e. The number of carbonyl (C=O) groups excluding carboxylic acids is 2. The third-order valence-electron chi connectivity index (χ3n) is 5.85. The first kappa shape index (κ1) is 21.1. The van der Waals surface area contributed by atoms with E-state index in [0.29, 0.717) is 57.5 Å². The fraction of sp³-hybridized carbons (Fsp3) is 0.364. The fourth-order valence-electron chi connectivity index (χ4n) is 4.10. The zero-order valence-electron chi connectivity index (χ0n) is 17.4. The molecular weight excluding hydrogens is 450 g/mol. The molecule has 0 bridgehead atoms. The second kappa shape index (κ2) is 9.01. The van der Waals surface area contributed by atoms with Crippen LogP contribution in [0.3, 0.4) is 0 Å². The number of hydrogen-bond acceptors (Lipinski definition) is 7. The number of halogens is 1. The van der Waals surface area contributed by atoms with Crippen molar-refractivity contribution < 1.29 is 14.3 Å². The van der Waals surface area contributed by atoms with Crippen molar-refractivity contribution in [3.8, 4) is 11.1 Å². The Balaban J connectivity index is 1.34. The Kier molecular flexibility index (Phi) is 5.95. The SMILES string of the molecule is O=C(C(=O)N1CCN(c2ncnc3scc(-c4ccc(Cl)cc4)c23)CC1)N1CCOCC1. The van der Waals surface area contributed by atoms with E-state index in [9.17, 15) is 9.59 Å². The van der Waals surface area contributed by atoms with E-state index in [1.165, 1.54) is 0 Å². The molecule has 2 fully saturated rings. The standard InChI is InChI=1S/C22H22ClN5O3S/c23-16-3-1-15(2-4-16)17-13-32-20-18(17)19(24-14-25-20)26-5-7-27(8-6-26)21(29)22(30)28-9-11-31-12-10-28/h1-4,13-14H,5-12H2. The molecular formula is C22H22ClN5O3S. The molecule has 0 N–H and O–H groups in total. The maximum atomic E-state index is 12.7. The highest BCUT2D eigenvalue weighted by Crippen LogP contribution is 2.38. The lowest BCUT2D eigenvalue weighted by Crippen LogP contribution is -2.54. The Morgan fingerprint density at radius 1 is 0.906 bits per heavy atom. The monoisotopic (exact) mass is 471 g/mol. The predicted octanol–water partition coefficient (Wildman–Crippen LogP) is 2.52. The van der Waals surface area contributed by atoms with Crippen LogP contribution in [0.15, 0.2) is 36.0 Å². The third-order valence-corrected chi connectivity index (χ3v) is 6.99. The van der Waals surface area contributed by atoms with Gasteiger partial charge in [0.2, 0.25) is 0 Å². The van der Waals surface area contributed by atoms with Crippen molar-refractivity contribution in [1.82, 2.24) is 19.8 Å². The van der Waals surface area contributed by atoms with E-state index in [4.69, 9.17) is 16.3 Å². The molecule has 2 saturated heterocycles. The van der Waals surface area contributed by atoms with E-state index >= 15 is 0 Å². The van der Waals surface area contributed by atoms with Gasteiger partial charge >= 0.3 is 11.8 Å². The van der Waals surface area contributed by atoms with Crippen molar-refractivity contribution in [2.75, 3.05) is 57.4 Å². The summed E-state index contributed by atoms with van der Waals surface area (Å²) in [6, 6.07) is 7.74. The second-order valence-corrected chi connectivity index (χ2v) is 9.01. The molecule has 2 aliphatic rings. The van der Waals surface area contributed by atoms with Gasteiger partial charge in [-0.1, -0.05) is 23.7 Å². The highest BCUT2D eigenvalue weighted by atomic mass is 35.5. The first-order valence-corrected chi connectivity index (χ1v) is 11.8. The lowest BCUT2D eigenvalue weighted by atomic mass is 10.1. The van der Waals surface area contributed by atoms with E-state index in [0.717, 1.165) is 27.2 Å². The minimum absolute atomic E-state index is 0.434. The number of fused-ring (bicyclic) bond motifs is 1. The Bertz CT molecular complexity index is 1140. The number of morpholine rings is 1. The summed E-state index contributed by atoms with van der Waals surface area (Å²) >= 11 is 7.64.